The number of nitrogens with zero attached hydrogens (tertiary/aromatic N) is 8. The van der Waals surface area contributed by atoms with Crippen molar-refractivity contribution in [1.29, 1.82) is 0 Å². The second-order valence-electron chi connectivity index (χ2n) is 20.7. The van der Waals surface area contributed by atoms with Crippen molar-refractivity contribution in [3.63, 3.8) is 0 Å². The molecule has 2 aliphatic carbocycles. The lowest BCUT2D eigenvalue weighted by Gasteiger charge is -2.35. The summed E-state index contributed by atoms with van der Waals surface area (Å²) in [6.45, 7) is 14.7. The van der Waals surface area contributed by atoms with Crippen molar-refractivity contribution >= 4 is 88.1 Å². The van der Waals surface area contributed by atoms with Crippen LogP contribution in [-0.4, -0.2) is 69.8 Å². The van der Waals surface area contributed by atoms with Crippen LogP contribution in [0.4, 0.5) is 11.4 Å². The maximum atomic E-state index is 13.4. The SMILES string of the molecule is Cc1c[n+](C)sc1S(=O)(=O)Nc1cc(-c2ccc3ncn(C4CC(C(=O)NC(C)C)C4)c(=O)c3c2)cnc1C.Cc1c[n+](C)sc1S(=O)(=O)Nc1cc(-c2ccc3ncn(C4CC(C(=O)NC(C)C)C4)c(=O)c3c2)cnc1C. The van der Waals surface area contributed by atoms with Crippen LogP contribution in [0.5, 0.6) is 0 Å². The lowest BCUT2D eigenvalue weighted by atomic mass is 9.79. The van der Waals surface area contributed by atoms with Crippen LogP contribution in [0.25, 0.3) is 44.1 Å². The van der Waals surface area contributed by atoms with E-state index in [1.165, 1.54) is 0 Å². The molecule has 0 aliphatic heterocycles. The number of aryl methyl sites for hydroxylation is 6. The summed E-state index contributed by atoms with van der Waals surface area (Å²) < 4.78 is 64.9. The zero-order valence-corrected chi connectivity index (χ0v) is 48.1. The van der Waals surface area contributed by atoms with E-state index in [1.807, 2.05) is 39.8 Å². The summed E-state index contributed by atoms with van der Waals surface area (Å²) in [4.78, 5) is 69.2. The number of hydrogen-bond acceptors (Lipinski definition) is 14. The average Bonchev–Trinajstić information content (AvgIpc) is 3.94. The molecule has 2 aromatic carbocycles. The molecule has 2 aliphatic rings. The number of rotatable bonds is 14. The molecule has 20 nitrogen and oxygen atoms in total. The first-order valence-corrected chi connectivity index (χ1v) is 29.9. The molecular formula is C54H62N12O8S4+2. The summed E-state index contributed by atoms with van der Waals surface area (Å²) in [6, 6.07) is 14.2. The molecule has 6 aromatic heterocycles. The van der Waals surface area contributed by atoms with E-state index in [0.717, 1.165) is 23.1 Å². The number of aromatic nitrogens is 8. The van der Waals surface area contributed by atoms with Crippen LogP contribution in [0.2, 0.25) is 0 Å². The molecule has 2 fully saturated rings. The van der Waals surface area contributed by atoms with E-state index < -0.39 is 20.0 Å². The summed E-state index contributed by atoms with van der Waals surface area (Å²) in [6.07, 6.45) is 12.3. The number of anilines is 2. The zero-order chi connectivity index (χ0) is 56.1. The highest BCUT2D eigenvalue weighted by Gasteiger charge is 2.38. The fourth-order valence-electron chi connectivity index (χ4n) is 9.62. The molecule has 0 radical (unpaired) electrons. The van der Waals surface area contributed by atoms with Crippen molar-refractivity contribution in [2.45, 2.75) is 114 Å². The summed E-state index contributed by atoms with van der Waals surface area (Å²) >= 11 is 2.29. The van der Waals surface area contributed by atoms with Gasteiger partial charge in [0, 0.05) is 59.5 Å². The number of carbonyl (C=O) groups is 2. The molecule has 24 heteroatoms. The Kier molecular flexibility index (Phi) is 15.5. The highest BCUT2D eigenvalue weighted by Crippen LogP contribution is 2.39. The van der Waals surface area contributed by atoms with Gasteiger partial charge in [0.2, 0.25) is 20.2 Å². The number of sulfonamides is 2. The molecule has 10 rings (SSSR count). The molecule has 2 amide bonds. The monoisotopic (exact) mass is 1130 g/mol. The van der Waals surface area contributed by atoms with Gasteiger partial charge in [0.25, 0.3) is 31.2 Å². The number of benzene rings is 2. The molecule has 0 atom stereocenters. The number of hydrogen-bond donors (Lipinski definition) is 4. The van der Waals surface area contributed by atoms with Crippen molar-refractivity contribution < 1.29 is 34.3 Å². The van der Waals surface area contributed by atoms with Gasteiger partial charge in [-0.05, 0) is 129 Å². The third kappa shape index (κ3) is 11.6. The average molecular weight is 1140 g/mol. The van der Waals surface area contributed by atoms with E-state index in [1.54, 1.807) is 133 Å². The quantitative estimate of drug-likeness (QED) is 0.0855. The third-order valence-electron chi connectivity index (χ3n) is 13.8. The fraction of sp³-hybridized carbons (Fsp3) is 0.370. The van der Waals surface area contributed by atoms with Gasteiger partial charge in [-0.3, -0.25) is 47.7 Å². The molecule has 8 aromatic rings. The Morgan fingerprint density at radius 3 is 1.28 bits per heavy atom. The minimum absolute atomic E-state index is 0.0201. The van der Waals surface area contributed by atoms with Crippen LogP contribution in [0.1, 0.15) is 88.0 Å². The van der Waals surface area contributed by atoms with E-state index in [-0.39, 0.29) is 67.4 Å². The second kappa shape index (κ2) is 21.9. The minimum Gasteiger partial charge on any atom is -0.354 e. The van der Waals surface area contributed by atoms with Gasteiger partial charge in [-0.2, -0.15) is 0 Å². The van der Waals surface area contributed by atoms with Crippen molar-refractivity contribution in [1.82, 2.24) is 39.7 Å². The minimum atomic E-state index is -3.80. The van der Waals surface area contributed by atoms with E-state index >= 15 is 0 Å². The van der Waals surface area contributed by atoms with E-state index in [9.17, 15) is 36.0 Å². The van der Waals surface area contributed by atoms with Crippen LogP contribution < -0.4 is 39.1 Å². The smallest absolute Gasteiger partial charge is 0.277 e. The standard InChI is InChI=1S/2C27H30N6O4S2/c2*1-15(2)30-25(34)19-8-21(9-19)33-14-29-23-7-6-18(10-22(23)26(33)35)20-11-24(17(4)28-12-20)31-39(36,37)27-16(3)13-32(5)38-27/h2*6-7,10-15,19,21,31H,8-9H2,1-5H3/p+2. The van der Waals surface area contributed by atoms with Crippen molar-refractivity contribution in [2.24, 2.45) is 25.9 Å². The second-order valence-corrected chi connectivity index (χ2v) is 26.8. The molecule has 4 N–H and O–H groups in total. The zero-order valence-electron chi connectivity index (χ0n) is 44.9. The molecule has 0 spiro atoms. The lowest BCUT2D eigenvalue weighted by molar-refractivity contribution is -0.601. The topological polar surface area (TPSA) is 254 Å². The molecule has 0 unspecified atom stereocenters. The van der Waals surface area contributed by atoms with Crippen molar-refractivity contribution in [3.8, 4) is 22.3 Å². The largest absolute Gasteiger partial charge is 0.354 e. The molecule has 2 saturated carbocycles. The van der Waals surface area contributed by atoms with Gasteiger partial charge in [-0.25, -0.2) is 26.8 Å². The van der Waals surface area contributed by atoms with E-state index in [2.05, 4.69) is 40.0 Å². The van der Waals surface area contributed by atoms with Crippen LogP contribution in [0.3, 0.4) is 0 Å². The summed E-state index contributed by atoms with van der Waals surface area (Å²) in [7, 11) is -4.02. The third-order valence-corrected chi connectivity index (χ3v) is 20.0. The van der Waals surface area contributed by atoms with Crippen molar-refractivity contribution in [2.75, 3.05) is 9.44 Å². The normalized spacial score (nSPS) is 17.3. The van der Waals surface area contributed by atoms with Gasteiger partial charge in [0.1, 0.15) is 0 Å². The Morgan fingerprint density at radius 1 is 0.577 bits per heavy atom. The summed E-state index contributed by atoms with van der Waals surface area (Å²) in [5.74, 6) is -0.168. The van der Waals surface area contributed by atoms with Gasteiger partial charge in [-0.1, -0.05) is 12.1 Å². The Morgan fingerprint density at radius 2 is 0.949 bits per heavy atom. The Labute approximate surface area is 460 Å². The molecule has 78 heavy (non-hydrogen) atoms. The summed E-state index contributed by atoms with van der Waals surface area (Å²) in [5, 5.41) is 6.77. The van der Waals surface area contributed by atoms with Crippen LogP contribution in [0, 0.1) is 39.5 Å². The van der Waals surface area contributed by atoms with E-state index in [0.29, 0.717) is 104 Å². The van der Waals surface area contributed by atoms with E-state index in [4.69, 9.17) is 0 Å². The van der Waals surface area contributed by atoms with Crippen molar-refractivity contribution in [3.05, 3.63) is 129 Å². The lowest BCUT2D eigenvalue weighted by Crippen LogP contribution is -2.44. The number of nitrogens with one attached hydrogen (secondary N) is 4. The van der Waals surface area contributed by atoms with Crippen LogP contribution in [0.15, 0.2) is 104 Å². The molecular weight excluding hydrogens is 1070 g/mol. The molecule has 6 heterocycles. The van der Waals surface area contributed by atoms with Gasteiger partial charge >= 0.3 is 0 Å². The number of fused-ring (bicyclic) bond motifs is 2. The van der Waals surface area contributed by atoms with Crippen LogP contribution >= 0.6 is 23.1 Å². The first-order chi connectivity index (χ1) is 36.8. The Bertz CT molecular complexity index is 3770. The molecule has 0 saturated heterocycles. The fourth-order valence-corrected chi connectivity index (χ4v) is 14.8. The highest BCUT2D eigenvalue weighted by molar-refractivity contribution is 7.94. The number of pyridine rings is 2. The number of amides is 2. The van der Waals surface area contributed by atoms with Gasteiger partial charge < -0.3 is 10.6 Å². The number of carbonyl (C=O) groups excluding carboxylic acids is 2. The van der Waals surface area contributed by atoms with Gasteiger partial charge in [0.15, 0.2) is 49.6 Å². The highest BCUT2D eigenvalue weighted by atomic mass is 32.3. The van der Waals surface area contributed by atoms with Crippen LogP contribution in [-0.2, 0) is 43.7 Å². The Balaban J connectivity index is 0.000000190. The first-order valence-electron chi connectivity index (χ1n) is 25.4. The first kappa shape index (κ1) is 55.5. The van der Waals surface area contributed by atoms with Gasteiger partial charge in [0.05, 0.1) is 68.4 Å². The predicted molar refractivity (Wildman–Crippen MR) is 300 cm³/mol. The molecule has 0 bridgehead atoms. The van der Waals surface area contributed by atoms with Gasteiger partial charge in [-0.15, -0.1) is 7.91 Å². The maximum absolute atomic E-state index is 13.4. The maximum Gasteiger partial charge on any atom is 0.277 e. The molecule has 408 valence electrons. The summed E-state index contributed by atoms with van der Waals surface area (Å²) in [5.41, 5.74) is 6.68. The Hall–Kier alpha value is -7.28. The predicted octanol–water partition coefficient (Wildman–Crippen LogP) is 6.48.